The molecule has 0 saturated carbocycles. The molecule has 2 aromatic rings. The van der Waals surface area contributed by atoms with E-state index >= 15 is 0 Å². The summed E-state index contributed by atoms with van der Waals surface area (Å²) in [6.45, 7) is 3.96. The highest BCUT2D eigenvalue weighted by Crippen LogP contribution is 2.15. The number of carboxylic acids is 1. The first-order valence-electron chi connectivity index (χ1n) is 6.69. The van der Waals surface area contributed by atoms with Gasteiger partial charge in [-0.25, -0.2) is 4.68 Å². The number of carbonyl (C=O) groups excluding carboxylic acids is 1. The van der Waals surface area contributed by atoms with Crippen LogP contribution >= 0.6 is 0 Å². The minimum atomic E-state index is -1.02. The molecule has 112 valence electrons. The fourth-order valence-corrected chi connectivity index (χ4v) is 2.18. The maximum atomic E-state index is 12.5. The van der Waals surface area contributed by atoms with Crippen molar-refractivity contribution in [3.63, 3.8) is 0 Å². The van der Waals surface area contributed by atoms with Gasteiger partial charge < -0.3 is 10.0 Å². The molecule has 1 aromatic heterocycles. The normalized spacial score (nSPS) is 11.0. The van der Waals surface area contributed by atoms with Crippen LogP contribution in [0, 0.1) is 5.92 Å². The Hall–Kier alpha value is -2.44. The molecule has 0 atom stereocenters. The number of carbonyl (C=O) groups is 2. The molecule has 0 fully saturated rings. The van der Waals surface area contributed by atoms with E-state index in [9.17, 15) is 9.59 Å². The highest BCUT2D eigenvalue weighted by molar-refractivity contribution is 5.98. The van der Waals surface area contributed by atoms with Gasteiger partial charge in [-0.2, -0.15) is 0 Å². The summed E-state index contributed by atoms with van der Waals surface area (Å²) in [6, 6.07) is 5.07. The molecule has 0 unspecified atom stereocenters. The van der Waals surface area contributed by atoms with Gasteiger partial charge in [0.25, 0.3) is 5.91 Å². The van der Waals surface area contributed by atoms with Gasteiger partial charge in [-0.05, 0) is 24.1 Å². The molecule has 0 aliphatic carbocycles. The predicted octanol–water partition coefficient (Wildman–Crippen LogP) is 1.15. The van der Waals surface area contributed by atoms with E-state index in [0.717, 1.165) is 5.52 Å². The third kappa shape index (κ3) is 3.36. The van der Waals surface area contributed by atoms with Crippen molar-refractivity contribution in [3.05, 3.63) is 23.8 Å². The first-order chi connectivity index (χ1) is 9.88. The van der Waals surface area contributed by atoms with E-state index in [1.54, 1.807) is 29.9 Å². The minimum absolute atomic E-state index is 0.188. The van der Waals surface area contributed by atoms with Crippen LogP contribution in [0.5, 0.6) is 0 Å². The van der Waals surface area contributed by atoms with Crippen LogP contribution in [-0.2, 0) is 11.8 Å². The van der Waals surface area contributed by atoms with Crippen molar-refractivity contribution in [1.29, 1.82) is 0 Å². The number of benzene rings is 1. The van der Waals surface area contributed by atoms with Crippen molar-refractivity contribution in [1.82, 2.24) is 19.9 Å². The Kier molecular flexibility index (Phi) is 4.21. The largest absolute Gasteiger partial charge is 0.480 e. The summed E-state index contributed by atoms with van der Waals surface area (Å²) in [5.41, 5.74) is 1.85. The third-order valence-corrected chi connectivity index (χ3v) is 3.06. The minimum Gasteiger partial charge on any atom is -0.480 e. The fourth-order valence-electron chi connectivity index (χ4n) is 2.18. The molecule has 1 N–H and O–H groups in total. The summed E-state index contributed by atoms with van der Waals surface area (Å²) in [7, 11) is 1.77. The van der Waals surface area contributed by atoms with Crippen molar-refractivity contribution >= 4 is 22.9 Å². The van der Waals surface area contributed by atoms with Crippen molar-refractivity contribution in [3.8, 4) is 0 Å². The topological polar surface area (TPSA) is 88.3 Å². The zero-order valence-electron chi connectivity index (χ0n) is 12.3. The molecule has 0 aliphatic heterocycles. The summed E-state index contributed by atoms with van der Waals surface area (Å²) < 4.78 is 1.62. The van der Waals surface area contributed by atoms with Gasteiger partial charge in [0, 0.05) is 19.2 Å². The third-order valence-electron chi connectivity index (χ3n) is 3.06. The number of fused-ring (bicyclic) bond motifs is 1. The first-order valence-corrected chi connectivity index (χ1v) is 6.69. The number of nitrogens with zero attached hydrogens (tertiary/aromatic N) is 4. The molecule has 2 rings (SSSR count). The number of carboxylic acid groups (broad SMARTS) is 1. The lowest BCUT2D eigenvalue weighted by atomic mass is 10.1. The average molecular weight is 290 g/mol. The van der Waals surface area contributed by atoms with E-state index < -0.39 is 5.97 Å². The zero-order valence-corrected chi connectivity index (χ0v) is 12.3. The Labute approximate surface area is 122 Å². The summed E-state index contributed by atoms with van der Waals surface area (Å²) >= 11 is 0. The lowest BCUT2D eigenvalue weighted by molar-refractivity contribution is -0.137. The highest BCUT2D eigenvalue weighted by Gasteiger charge is 2.20. The molecule has 21 heavy (non-hydrogen) atoms. The maximum Gasteiger partial charge on any atom is 0.323 e. The van der Waals surface area contributed by atoms with Crippen LogP contribution in [0.15, 0.2) is 18.2 Å². The maximum absolute atomic E-state index is 12.5. The molecule has 0 radical (unpaired) electrons. The number of amides is 1. The van der Waals surface area contributed by atoms with Crippen LogP contribution < -0.4 is 0 Å². The van der Waals surface area contributed by atoms with E-state index in [2.05, 4.69) is 10.3 Å². The Balaban J connectivity index is 2.30. The van der Waals surface area contributed by atoms with Gasteiger partial charge in [0.2, 0.25) is 0 Å². The molecule has 1 aromatic carbocycles. The van der Waals surface area contributed by atoms with Gasteiger partial charge in [0.1, 0.15) is 12.1 Å². The Morgan fingerprint density at radius 1 is 1.38 bits per heavy atom. The number of aryl methyl sites for hydroxylation is 1. The molecular weight excluding hydrogens is 272 g/mol. The number of aromatic nitrogens is 3. The number of rotatable bonds is 5. The van der Waals surface area contributed by atoms with Crippen molar-refractivity contribution in [2.45, 2.75) is 13.8 Å². The second kappa shape index (κ2) is 5.90. The first kappa shape index (κ1) is 15.0. The van der Waals surface area contributed by atoms with Crippen LogP contribution in [0.1, 0.15) is 24.2 Å². The van der Waals surface area contributed by atoms with Crippen molar-refractivity contribution in [2.75, 3.05) is 13.1 Å². The van der Waals surface area contributed by atoms with E-state index in [-0.39, 0.29) is 18.4 Å². The van der Waals surface area contributed by atoms with Gasteiger partial charge in [-0.15, -0.1) is 5.10 Å². The molecule has 0 bridgehead atoms. The Morgan fingerprint density at radius 3 is 2.71 bits per heavy atom. The molecule has 0 saturated heterocycles. The Morgan fingerprint density at radius 2 is 2.10 bits per heavy atom. The molecule has 1 heterocycles. The summed E-state index contributed by atoms with van der Waals surface area (Å²) in [6.07, 6.45) is 0. The van der Waals surface area contributed by atoms with Gasteiger partial charge in [-0.1, -0.05) is 19.1 Å². The molecular formula is C14H18N4O3. The van der Waals surface area contributed by atoms with Crippen LogP contribution in [-0.4, -0.2) is 50.0 Å². The van der Waals surface area contributed by atoms with Gasteiger partial charge in [-0.3, -0.25) is 9.59 Å². The number of aliphatic carboxylic acids is 1. The monoisotopic (exact) mass is 290 g/mol. The smallest absolute Gasteiger partial charge is 0.323 e. The lowest BCUT2D eigenvalue weighted by Gasteiger charge is -2.22. The summed E-state index contributed by atoms with van der Waals surface area (Å²) in [5.74, 6) is -1.14. The number of hydrogen-bond donors (Lipinski definition) is 1. The van der Waals surface area contributed by atoms with Crippen LogP contribution in [0.3, 0.4) is 0 Å². The highest BCUT2D eigenvalue weighted by atomic mass is 16.4. The molecule has 7 nitrogen and oxygen atoms in total. The average Bonchev–Trinajstić information content (AvgIpc) is 2.77. The standard InChI is InChI=1S/C14H18N4O3/c1-9(2)7-18(8-13(19)20)14(21)10-4-5-12-11(6-10)15-16-17(12)3/h4-6,9H,7-8H2,1-3H3,(H,19,20). The second-order valence-corrected chi connectivity index (χ2v) is 5.39. The molecule has 1 amide bonds. The van der Waals surface area contributed by atoms with E-state index in [1.807, 2.05) is 13.8 Å². The number of hydrogen-bond acceptors (Lipinski definition) is 4. The second-order valence-electron chi connectivity index (χ2n) is 5.39. The predicted molar refractivity (Wildman–Crippen MR) is 76.9 cm³/mol. The molecule has 0 spiro atoms. The van der Waals surface area contributed by atoms with Crippen LogP contribution in [0.25, 0.3) is 11.0 Å². The van der Waals surface area contributed by atoms with Crippen LogP contribution in [0.2, 0.25) is 0 Å². The summed E-state index contributed by atoms with van der Waals surface area (Å²) in [4.78, 5) is 24.7. The van der Waals surface area contributed by atoms with Crippen molar-refractivity contribution < 1.29 is 14.7 Å². The van der Waals surface area contributed by atoms with E-state index in [4.69, 9.17) is 5.11 Å². The SMILES string of the molecule is CC(C)CN(CC(=O)O)C(=O)c1ccc2c(c1)nnn2C. The fraction of sp³-hybridized carbons (Fsp3) is 0.429. The molecule has 7 heteroatoms. The molecule has 0 aliphatic rings. The van der Waals surface area contributed by atoms with Crippen molar-refractivity contribution in [2.24, 2.45) is 13.0 Å². The van der Waals surface area contributed by atoms with E-state index in [0.29, 0.717) is 17.6 Å². The van der Waals surface area contributed by atoms with Gasteiger partial charge in [0.05, 0.1) is 5.52 Å². The van der Waals surface area contributed by atoms with Gasteiger partial charge in [0.15, 0.2) is 0 Å². The van der Waals surface area contributed by atoms with E-state index in [1.165, 1.54) is 4.90 Å². The lowest BCUT2D eigenvalue weighted by Crippen LogP contribution is -2.38. The zero-order chi connectivity index (χ0) is 15.6. The Bertz CT molecular complexity index is 678. The van der Waals surface area contributed by atoms with Crippen LogP contribution in [0.4, 0.5) is 0 Å². The quantitative estimate of drug-likeness (QED) is 0.892. The van der Waals surface area contributed by atoms with Gasteiger partial charge >= 0.3 is 5.97 Å². The summed E-state index contributed by atoms with van der Waals surface area (Å²) in [5, 5.41) is 16.8.